The van der Waals surface area contributed by atoms with Crippen LogP contribution < -0.4 is 0 Å². The highest BCUT2D eigenvalue weighted by Crippen LogP contribution is 2.30. The molecule has 1 amide bonds. The number of hydrogen-bond donors (Lipinski definition) is 1. The first-order valence-corrected chi connectivity index (χ1v) is 7.60. The topological polar surface area (TPSA) is 53.7 Å². The number of carbonyl (C=O) groups excluding carboxylic acids is 1. The van der Waals surface area contributed by atoms with E-state index >= 15 is 0 Å². The lowest BCUT2D eigenvalue weighted by Gasteiger charge is -2.34. The van der Waals surface area contributed by atoms with Gasteiger partial charge in [-0.05, 0) is 44.4 Å². The number of amides is 1. The first-order valence-electron chi connectivity index (χ1n) is 7.22. The number of benzene rings is 1. The number of aliphatic hydroxyl groups is 1. The molecule has 0 saturated carbocycles. The molecule has 5 heteroatoms. The van der Waals surface area contributed by atoms with Gasteiger partial charge >= 0.3 is 0 Å². The first kappa shape index (κ1) is 14.4. The molecule has 1 aliphatic rings. The Morgan fingerprint density at radius 1 is 1.48 bits per heavy atom. The molecule has 0 radical (unpaired) electrons. The van der Waals surface area contributed by atoms with E-state index in [0.717, 1.165) is 30.2 Å². The number of aryl methyl sites for hydroxylation is 1. The summed E-state index contributed by atoms with van der Waals surface area (Å²) >= 11 is 6.00. The number of nitrogens with zero attached hydrogens (tertiary/aromatic N) is 1. The average Bonchev–Trinajstić information content (AvgIpc) is 2.83. The quantitative estimate of drug-likeness (QED) is 0.925. The Kier molecular flexibility index (Phi) is 3.91. The molecule has 1 saturated heterocycles. The fourth-order valence-electron chi connectivity index (χ4n) is 2.99. The van der Waals surface area contributed by atoms with Gasteiger partial charge in [0.15, 0.2) is 5.76 Å². The van der Waals surface area contributed by atoms with E-state index in [0.29, 0.717) is 22.9 Å². The summed E-state index contributed by atoms with van der Waals surface area (Å²) in [5, 5.41) is 10.9. The number of furan rings is 1. The average molecular weight is 308 g/mol. The van der Waals surface area contributed by atoms with Gasteiger partial charge in [0, 0.05) is 22.5 Å². The smallest absolute Gasteiger partial charge is 0.290 e. The fraction of sp³-hybridized carbons (Fsp3) is 0.438. The molecule has 1 unspecified atom stereocenters. The molecule has 1 atom stereocenters. The van der Waals surface area contributed by atoms with Crippen molar-refractivity contribution in [3.8, 4) is 0 Å². The zero-order valence-corrected chi connectivity index (χ0v) is 12.7. The van der Waals surface area contributed by atoms with Gasteiger partial charge in [-0.15, -0.1) is 0 Å². The summed E-state index contributed by atoms with van der Waals surface area (Å²) in [5.74, 6) is 0.214. The molecule has 2 aromatic rings. The van der Waals surface area contributed by atoms with E-state index in [1.165, 1.54) is 0 Å². The largest absolute Gasteiger partial charge is 0.451 e. The maximum absolute atomic E-state index is 12.7. The Balaban J connectivity index is 1.99. The number of halogens is 1. The summed E-state index contributed by atoms with van der Waals surface area (Å²) in [4.78, 5) is 14.5. The van der Waals surface area contributed by atoms with E-state index in [9.17, 15) is 9.90 Å². The fourth-order valence-corrected chi connectivity index (χ4v) is 3.16. The summed E-state index contributed by atoms with van der Waals surface area (Å²) in [5.41, 5.74) is 1.47. The molecular weight excluding hydrogens is 290 g/mol. The lowest BCUT2D eigenvalue weighted by atomic mass is 10.0. The van der Waals surface area contributed by atoms with Crippen molar-refractivity contribution in [2.24, 2.45) is 0 Å². The predicted octanol–water partition coefficient (Wildman–Crippen LogP) is 3.38. The molecule has 1 aromatic heterocycles. The van der Waals surface area contributed by atoms with E-state index in [1.807, 2.05) is 13.0 Å². The Labute approximate surface area is 128 Å². The lowest BCUT2D eigenvalue weighted by molar-refractivity contribution is 0.0474. The van der Waals surface area contributed by atoms with Crippen LogP contribution in [0.2, 0.25) is 5.02 Å². The highest BCUT2D eigenvalue weighted by molar-refractivity contribution is 6.31. The number of carbonyl (C=O) groups is 1. The Bertz CT molecular complexity index is 679. The van der Waals surface area contributed by atoms with Gasteiger partial charge in [-0.25, -0.2) is 0 Å². The third kappa shape index (κ3) is 2.54. The number of piperidine rings is 1. The monoisotopic (exact) mass is 307 g/mol. The second-order valence-corrected chi connectivity index (χ2v) is 5.96. The van der Waals surface area contributed by atoms with Crippen molar-refractivity contribution in [2.45, 2.75) is 32.2 Å². The number of likely N-dealkylation sites (tertiary alicyclic amines) is 1. The van der Waals surface area contributed by atoms with Gasteiger partial charge in [-0.2, -0.15) is 0 Å². The van der Waals surface area contributed by atoms with Crippen LogP contribution in [0.1, 0.15) is 35.4 Å². The van der Waals surface area contributed by atoms with Gasteiger partial charge in [-0.1, -0.05) is 11.6 Å². The van der Waals surface area contributed by atoms with Crippen LogP contribution in [0.25, 0.3) is 11.0 Å². The maximum Gasteiger partial charge on any atom is 0.290 e. The van der Waals surface area contributed by atoms with Crippen molar-refractivity contribution in [1.29, 1.82) is 0 Å². The molecule has 1 fully saturated rings. The van der Waals surface area contributed by atoms with Crippen LogP contribution in [-0.2, 0) is 0 Å². The van der Waals surface area contributed by atoms with Gasteiger partial charge < -0.3 is 14.4 Å². The molecule has 112 valence electrons. The second kappa shape index (κ2) is 5.70. The molecule has 21 heavy (non-hydrogen) atoms. The minimum Gasteiger partial charge on any atom is -0.451 e. The van der Waals surface area contributed by atoms with Crippen molar-refractivity contribution in [3.63, 3.8) is 0 Å². The molecule has 1 N–H and O–H groups in total. The maximum atomic E-state index is 12.7. The molecule has 4 nitrogen and oxygen atoms in total. The van der Waals surface area contributed by atoms with Crippen molar-refractivity contribution in [1.82, 2.24) is 4.90 Å². The third-order valence-corrected chi connectivity index (χ3v) is 4.43. The van der Waals surface area contributed by atoms with E-state index in [-0.39, 0.29) is 18.6 Å². The van der Waals surface area contributed by atoms with Gasteiger partial charge in [-0.3, -0.25) is 4.79 Å². The standard InChI is InChI=1S/C16H18ClNO3/c1-10-13-8-11(17)5-6-14(13)21-15(10)16(20)18-7-3-2-4-12(18)9-19/h5-6,8,12,19H,2-4,7,9H2,1H3. The Hall–Kier alpha value is -1.52. The molecular formula is C16H18ClNO3. The van der Waals surface area contributed by atoms with Gasteiger partial charge in [0.1, 0.15) is 5.58 Å². The Morgan fingerprint density at radius 3 is 3.05 bits per heavy atom. The molecule has 1 aliphatic heterocycles. The zero-order valence-electron chi connectivity index (χ0n) is 11.9. The Morgan fingerprint density at radius 2 is 2.29 bits per heavy atom. The third-order valence-electron chi connectivity index (χ3n) is 4.19. The van der Waals surface area contributed by atoms with Gasteiger partial charge in [0.25, 0.3) is 5.91 Å². The van der Waals surface area contributed by atoms with Gasteiger partial charge in [0.05, 0.1) is 12.6 Å². The lowest BCUT2D eigenvalue weighted by Crippen LogP contribution is -2.45. The minimum atomic E-state index is -0.140. The van der Waals surface area contributed by atoms with Crippen molar-refractivity contribution < 1.29 is 14.3 Å². The molecule has 0 aliphatic carbocycles. The van der Waals surface area contributed by atoms with E-state index in [4.69, 9.17) is 16.0 Å². The van der Waals surface area contributed by atoms with Crippen LogP contribution in [0.5, 0.6) is 0 Å². The van der Waals surface area contributed by atoms with Crippen LogP contribution in [0.4, 0.5) is 0 Å². The molecule has 3 rings (SSSR count). The van der Waals surface area contributed by atoms with Crippen LogP contribution in [-0.4, -0.2) is 35.1 Å². The second-order valence-electron chi connectivity index (χ2n) is 5.53. The minimum absolute atomic E-state index is 0.00313. The normalized spacial score (nSPS) is 19.2. The van der Waals surface area contributed by atoms with Crippen molar-refractivity contribution in [3.05, 3.63) is 34.5 Å². The number of rotatable bonds is 2. The SMILES string of the molecule is Cc1c(C(=O)N2CCCCC2CO)oc2ccc(Cl)cc12. The molecule has 0 bridgehead atoms. The van der Waals surface area contributed by atoms with Gasteiger partial charge in [0.2, 0.25) is 0 Å². The highest BCUT2D eigenvalue weighted by Gasteiger charge is 2.30. The van der Waals surface area contributed by atoms with Crippen molar-refractivity contribution in [2.75, 3.05) is 13.2 Å². The molecule has 0 spiro atoms. The highest BCUT2D eigenvalue weighted by atomic mass is 35.5. The molecule has 1 aromatic carbocycles. The summed E-state index contributed by atoms with van der Waals surface area (Å²) < 4.78 is 5.73. The van der Waals surface area contributed by atoms with Crippen molar-refractivity contribution >= 4 is 28.5 Å². The van der Waals surface area contributed by atoms with Crippen LogP contribution in [0.3, 0.4) is 0 Å². The molecule has 2 heterocycles. The number of fused-ring (bicyclic) bond motifs is 1. The van der Waals surface area contributed by atoms with Crippen LogP contribution in [0, 0.1) is 6.92 Å². The first-order chi connectivity index (χ1) is 10.1. The summed E-state index contributed by atoms with van der Waals surface area (Å²) in [6.07, 6.45) is 2.85. The zero-order chi connectivity index (χ0) is 15.0. The van der Waals surface area contributed by atoms with E-state index < -0.39 is 0 Å². The predicted molar refractivity (Wildman–Crippen MR) is 81.7 cm³/mol. The van der Waals surface area contributed by atoms with E-state index in [1.54, 1.807) is 17.0 Å². The number of aliphatic hydroxyl groups excluding tert-OH is 1. The van der Waals surface area contributed by atoms with Crippen LogP contribution >= 0.6 is 11.6 Å². The summed E-state index contributed by atoms with van der Waals surface area (Å²) in [6, 6.07) is 5.23. The number of hydrogen-bond acceptors (Lipinski definition) is 3. The summed E-state index contributed by atoms with van der Waals surface area (Å²) in [7, 11) is 0. The van der Waals surface area contributed by atoms with E-state index in [2.05, 4.69) is 0 Å². The summed E-state index contributed by atoms with van der Waals surface area (Å²) in [6.45, 7) is 2.53. The van der Waals surface area contributed by atoms with Crippen LogP contribution in [0.15, 0.2) is 22.6 Å².